The van der Waals surface area contributed by atoms with E-state index in [9.17, 15) is 4.79 Å². The molecule has 0 radical (unpaired) electrons. The fourth-order valence-electron chi connectivity index (χ4n) is 1.19. The highest BCUT2D eigenvalue weighted by Crippen LogP contribution is 2.33. The third-order valence-corrected chi connectivity index (χ3v) is 2.40. The van der Waals surface area contributed by atoms with E-state index < -0.39 is 0 Å². The largest absolute Gasteiger partial charge is 0.488 e. The summed E-state index contributed by atoms with van der Waals surface area (Å²) in [6, 6.07) is 0. The summed E-state index contributed by atoms with van der Waals surface area (Å²) < 4.78 is 5.58. The van der Waals surface area contributed by atoms with Gasteiger partial charge < -0.3 is 10.1 Å². The van der Waals surface area contributed by atoms with Crippen molar-refractivity contribution in [2.75, 3.05) is 7.05 Å². The minimum atomic E-state index is -0.236. The number of carbonyl (C=O) groups is 1. The lowest BCUT2D eigenvalue weighted by Gasteiger charge is -2.10. The van der Waals surface area contributed by atoms with Gasteiger partial charge in [0, 0.05) is 19.4 Å². The van der Waals surface area contributed by atoms with Gasteiger partial charge in [0.1, 0.15) is 10.6 Å². The van der Waals surface area contributed by atoms with E-state index in [2.05, 4.69) is 10.3 Å². The van der Waals surface area contributed by atoms with Crippen molar-refractivity contribution in [1.29, 1.82) is 0 Å². The van der Waals surface area contributed by atoms with Crippen LogP contribution in [0, 0.1) is 0 Å². The third kappa shape index (κ3) is 2.21. The van der Waals surface area contributed by atoms with Gasteiger partial charge in [-0.05, 0) is 12.8 Å². The molecule has 2 rings (SSSR count). The van der Waals surface area contributed by atoms with Crippen LogP contribution in [0.25, 0.3) is 0 Å². The number of nitrogens with one attached hydrogen (secondary N) is 1. The molecule has 0 aromatic carbocycles. The molecular formula is C10H11ClN2O2. The summed E-state index contributed by atoms with van der Waals surface area (Å²) in [4.78, 5) is 15.4. The van der Waals surface area contributed by atoms with Gasteiger partial charge in [-0.1, -0.05) is 11.6 Å². The molecule has 80 valence electrons. The minimum absolute atomic E-state index is 0.202. The van der Waals surface area contributed by atoms with Gasteiger partial charge in [0.2, 0.25) is 0 Å². The van der Waals surface area contributed by atoms with Crippen LogP contribution >= 0.6 is 11.6 Å². The van der Waals surface area contributed by atoms with E-state index in [1.807, 2.05) is 0 Å². The molecule has 0 unspecified atom stereocenters. The molecule has 0 bridgehead atoms. The maximum absolute atomic E-state index is 11.5. The first-order chi connectivity index (χ1) is 7.22. The van der Waals surface area contributed by atoms with Gasteiger partial charge in [-0.3, -0.25) is 9.78 Å². The van der Waals surface area contributed by atoms with Crippen molar-refractivity contribution in [2.24, 2.45) is 0 Å². The molecule has 1 N–H and O–H groups in total. The Morgan fingerprint density at radius 3 is 2.93 bits per heavy atom. The lowest BCUT2D eigenvalue weighted by Crippen LogP contribution is -2.19. The predicted molar refractivity (Wildman–Crippen MR) is 56.3 cm³/mol. The first-order valence-electron chi connectivity index (χ1n) is 4.74. The second-order valence-corrected chi connectivity index (χ2v) is 3.80. The Hall–Kier alpha value is -1.29. The lowest BCUT2D eigenvalue weighted by atomic mass is 10.2. The molecule has 0 atom stereocenters. The molecule has 1 aliphatic rings. The number of rotatable bonds is 3. The van der Waals surface area contributed by atoms with Crippen molar-refractivity contribution >= 4 is 17.5 Å². The number of hydrogen-bond acceptors (Lipinski definition) is 3. The molecule has 0 saturated heterocycles. The fraction of sp³-hybridized carbons (Fsp3) is 0.400. The van der Waals surface area contributed by atoms with E-state index >= 15 is 0 Å². The summed E-state index contributed by atoms with van der Waals surface area (Å²) >= 11 is 5.93. The van der Waals surface area contributed by atoms with Gasteiger partial charge in [0.25, 0.3) is 5.91 Å². The Morgan fingerprint density at radius 1 is 1.60 bits per heavy atom. The zero-order valence-corrected chi connectivity index (χ0v) is 9.04. The topological polar surface area (TPSA) is 51.2 Å². The normalized spacial score (nSPS) is 14.8. The molecule has 1 aromatic heterocycles. The van der Waals surface area contributed by atoms with Crippen LogP contribution < -0.4 is 10.1 Å². The zero-order chi connectivity index (χ0) is 10.8. The maximum Gasteiger partial charge on any atom is 0.256 e. The SMILES string of the molecule is CNC(=O)c1cncc(Cl)c1OC1CC1. The molecule has 1 fully saturated rings. The van der Waals surface area contributed by atoms with E-state index in [0.717, 1.165) is 12.8 Å². The summed E-state index contributed by atoms with van der Waals surface area (Å²) in [5.41, 5.74) is 0.386. The third-order valence-electron chi connectivity index (χ3n) is 2.13. The highest BCUT2D eigenvalue weighted by molar-refractivity contribution is 6.32. The molecule has 1 heterocycles. The van der Waals surface area contributed by atoms with Crippen molar-refractivity contribution in [3.63, 3.8) is 0 Å². The second kappa shape index (κ2) is 4.06. The lowest BCUT2D eigenvalue weighted by molar-refractivity contribution is 0.0958. The van der Waals surface area contributed by atoms with Gasteiger partial charge >= 0.3 is 0 Å². The molecule has 15 heavy (non-hydrogen) atoms. The van der Waals surface area contributed by atoms with E-state index in [1.54, 1.807) is 7.05 Å². The van der Waals surface area contributed by atoms with Crippen LogP contribution in [0.3, 0.4) is 0 Å². The summed E-state index contributed by atoms with van der Waals surface area (Å²) in [6.45, 7) is 0. The highest BCUT2D eigenvalue weighted by Gasteiger charge is 2.27. The number of amides is 1. The van der Waals surface area contributed by atoms with Crippen molar-refractivity contribution < 1.29 is 9.53 Å². The van der Waals surface area contributed by atoms with Gasteiger partial charge in [-0.15, -0.1) is 0 Å². The van der Waals surface area contributed by atoms with Crippen LogP contribution in [-0.2, 0) is 0 Å². The molecule has 5 heteroatoms. The maximum atomic E-state index is 11.5. The van der Waals surface area contributed by atoms with Crippen LogP contribution in [0.4, 0.5) is 0 Å². The van der Waals surface area contributed by atoms with Crippen LogP contribution in [0.2, 0.25) is 5.02 Å². The Morgan fingerprint density at radius 2 is 2.33 bits per heavy atom. The zero-order valence-electron chi connectivity index (χ0n) is 8.29. The summed E-state index contributed by atoms with van der Waals surface area (Å²) in [5, 5.41) is 2.90. The predicted octanol–water partition coefficient (Wildman–Crippen LogP) is 1.64. The Kier molecular flexibility index (Phi) is 2.77. The van der Waals surface area contributed by atoms with Crippen LogP contribution in [-0.4, -0.2) is 24.0 Å². The van der Waals surface area contributed by atoms with Gasteiger partial charge in [-0.2, -0.15) is 0 Å². The summed E-state index contributed by atoms with van der Waals surface area (Å²) in [5.74, 6) is 0.203. The smallest absolute Gasteiger partial charge is 0.256 e. The Bertz CT molecular complexity index is 391. The molecule has 1 aromatic rings. The quantitative estimate of drug-likeness (QED) is 0.853. The van der Waals surface area contributed by atoms with Gasteiger partial charge in [0.05, 0.1) is 6.10 Å². The van der Waals surface area contributed by atoms with Crippen LogP contribution in [0.1, 0.15) is 23.2 Å². The summed E-state index contributed by atoms with van der Waals surface area (Å²) in [7, 11) is 1.56. The van der Waals surface area contributed by atoms with E-state index in [1.165, 1.54) is 12.4 Å². The minimum Gasteiger partial charge on any atom is -0.488 e. The summed E-state index contributed by atoms with van der Waals surface area (Å²) in [6.07, 6.45) is 5.18. The Labute approximate surface area is 92.6 Å². The number of pyridine rings is 1. The average molecular weight is 227 g/mol. The van der Waals surface area contributed by atoms with Crippen molar-refractivity contribution in [3.8, 4) is 5.75 Å². The average Bonchev–Trinajstić information content (AvgIpc) is 3.04. The number of ether oxygens (including phenoxy) is 1. The first kappa shape index (κ1) is 10.2. The monoisotopic (exact) mass is 226 g/mol. The number of hydrogen-bond donors (Lipinski definition) is 1. The molecule has 0 spiro atoms. The molecular weight excluding hydrogens is 216 g/mol. The van der Waals surface area contributed by atoms with Crippen molar-refractivity contribution in [1.82, 2.24) is 10.3 Å². The van der Waals surface area contributed by atoms with Gasteiger partial charge in [0.15, 0.2) is 5.75 Å². The Balaban J connectivity index is 2.33. The molecule has 0 aliphatic heterocycles. The molecule has 1 saturated carbocycles. The standard InChI is InChI=1S/C10H11ClN2O2/c1-12-10(14)7-4-13-5-8(11)9(7)15-6-2-3-6/h4-6H,2-3H2,1H3,(H,12,14). The number of halogens is 1. The number of carbonyl (C=O) groups excluding carboxylic acids is 1. The molecule has 4 nitrogen and oxygen atoms in total. The molecule has 1 amide bonds. The van der Waals surface area contributed by atoms with Crippen molar-refractivity contribution in [3.05, 3.63) is 23.0 Å². The molecule has 1 aliphatic carbocycles. The van der Waals surface area contributed by atoms with E-state index in [-0.39, 0.29) is 12.0 Å². The number of nitrogens with zero attached hydrogens (tertiary/aromatic N) is 1. The van der Waals surface area contributed by atoms with Crippen molar-refractivity contribution in [2.45, 2.75) is 18.9 Å². The van der Waals surface area contributed by atoms with Crippen LogP contribution in [0.5, 0.6) is 5.75 Å². The highest BCUT2D eigenvalue weighted by atomic mass is 35.5. The first-order valence-corrected chi connectivity index (χ1v) is 5.12. The second-order valence-electron chi connectivity index (χ2n) is 3.39. The number of aromatic nitrogens is 1. The fourth-order valence-corrected chi connectivity index (χ4v) is 1.39. The van der Waals surface area contributed by atoms with E-state index in [0.29, 0.717) is 16.3 Å². The van der Waals surface area contributed by atoms with Gasteiger partial charge in [-0.25, -0.2) is 0 Å². The van der Waals surface area contributed by atoms with E-state index in [4.69, 9.17) is 16.3 Å². The van der Waals surface area contributed by atoms with Crippen LogP contribution in [0.15, 0.2) is 12.4 Å².